The number of rotatable bonds is 3. The van der Waals surface area contributed by atoms with Crippen LogP contribution in [0.15, 0.2) is 11.1 Å². The number of aliphatic hydroxyl groups is 1. The SMILES string of the molecule is CC1=C(C)C(C)(C)[C@@H](CC2CC2(C)CO)C1. The van der Waals surface area contributed by atoms with E-state index in [-0.39, 0.29) is 5.41 Å². The van der Waals surface area contributed by atoms with Crippen LogP contribution in [0.4, 0.5) is 0 Å². The van der Waals surface area contributed by atoms with Crippen molar-refractivity contribution in [3.05, 3.63) is 11.1 Å². The van der Waals surface area contributed by atoms with Crippen LogP contribution >= 0.6 is 0 Å². The number of allylic oxidation sites excluding steroid dienone is 2. The Morgan fingerprint density at radius 3 is 2.19 bits per heavy atom. The number of hydrogen-bond donors (Lipinski definition) is 1. The van der Waals surface area contributed by atoms with Crippen molar-refractivity contribution in [2.24, 2.45) is 22.7 Å². The molecule has 2 rings (SSSR count). The van der Waals surface area contributed by atoms with E-state index in [1.165, 1.54) is 19.3 Å². The minimum absolute atomic E-state index is 0.250. The zero-order chi connectivity index (χ0) is 12.1. The van der Waals surface area contributed by atoms with E-state index in [1.54, 1.807) is 11.1 Å². The van der Waals surface area contributed by atoms with Crippen LogP contribution < -0.4 is 0 Å². The lowest BCUT2D eigenvalue weighted by molar-refractivity contribution is 0.192. The summed E-state index contributed by atoms with van der Waals surface area (Å²) in [7, 11) is 0. The predicted molar refractivity (Wildman–Crippen MR) is 68.2 cm³/mol. The maximum Gasteiger partial charge on any atom is 0.0487 e. The average molecular weight is 222 g/mol. The molecule has 0 aromatic rings. The van der Waals surface area contributed by atoms with Crippen molar-refractivity contribution >= 4 is 0 Å². The molecule has 3 atom stereocenters. The van der Waals surface area contributed by atoms with Gasteiger partial charge in [0, 0.05) is 6.61 Å². The molecule has 0 amide bonds. The molecule has 0 aromatic carbocycles. The molecule has 0 aliphatic heterocycles. The molecule has 1 heteroatoms. The monoisotopic (exact) mass is 222 g/mol. The molecule has 2 aliphatic rings. The molecule has 16 heavy (non-hydrogen) atoms. The minimum Gasteiger partial charge on any atom is -0.396 e. The van der Waals surface area contributed by atoms with Gasteiger partial charge in [-0.25, -0.2) is 0 Å². The summed E-state index contributed by atoms with van der Waals surface area (Å²) in [5.74, 6) is 1.56. The van der Waals surface area contributed by atoms with Gasteiger partial charge in [0.05, 0.1) is 0 Å². The van der Waals surface area contributed by atoms with Crippen molar-refractivity contribution in [1.29, 1.82) is 0 Å². The molecule has 0 saturated heterocycles. The molecule has 1 saturated carbocycles. The molecule has 1 N–H and O–H groups in total. The van der Waals surface area contributed by atoms with Crippen LogP contribution in [0.2, 0.25) is 0 Å². The zero-order valence-electron chi connectivity index (χ0n) is 11.4. The highest BCUT2D eigenvalue weighted by atomic mass is 16.3. The molecule has 0 radical (unpaired) electrons. The van der Waals surface area contributed by atoms with Gasteiger partial charge in [-0.15, -0.1) is 0 Å². The van der Waals surface area contributed by atoms with E-state index in [0.717, 1.165) is 11.8 Å². The second-order valence-corrected chi connectivity index (χ2v) is 6.98. The summed E-state index contributed by atoms with van der Waals surface area (Å²) in [6.07, 6.45) is 3.81. The van der Waals surface area contributed by atoms with E-state index in [1.807, 2.05) is 0 Å². The van der Waals surface area contributed by atoms with Crippen LogP contribution in [-0.2, 0) is 0 Å². The summed E-state index contributed by atoms with van der Waals surface area (Å²) in [6, 6.07) is 0. The van der Waals surface area contributed by atoms with Crippen LogP contribution in [0.3, 0.4) is 0 Å². The summed E-state index contributed by atoms with van der Waals surface area (Å²) in [6.45, 7) is 12.0. The first-order chi connectivity index (χ1) is 7.31. The van der Waals surface area contributed by atoms with Crippen molar-refractivity contribution in [2.75, 3.05) is 6.61 Å². The molecule has 0 heterocycles. The second-order valence-electron chi connectivity index (χ2n) is 6.98. The van der Waals surface area contributed by atoms with Gasteiger partial charge in [0.2, 0.25) is 0 Å². The largest absolute Gasteiger partial charge is 0.396 e. The molecule has 1 nitrogen and oxygen atoms in total. The molecule has 0 spiro atoms. The smallest absolute Gasteiger partial charge is 0.0487 e. The maximum atomic E-state index is 9.33. The summed E-state index contributed by atoms with van der Waals surface area (Å²) in [5.41, 5.74) is 3.83. The lowest BCUT2D eigenvalue weighted by Crippen LogP contribution is -2.22. The first-order valence-electron chi connectivity index (χ1n) is 6.59. The second kappa shape index (κ2) is 3.60. The van der Waals surface area contributed by atoms with Gasteiger partial charge in [-0.2, -0.15) is 0 Å². The quantitative estimate of drug-likeness (QED) is 0.721. The van der Waals surface area contributed by atoms with Gasteiger partial charge in [-0.05, 0) is 55.8 Å². The third-order valence-corrected chi connectivity index (χ3v) is 5.65. The fraction of sp³-hybridized carbons (Fsp3) is 0.867. The highest BCUT2D eigenvalue weighted by Crippen LogP contribution is 2.59. The van der Waals surface area contributed by atoms with Crippen LogP contribution in [0, 0.1) is 22.7 Å². The van der Waals surface area contributed by atoms with Crippen LogP contribution in [0.1, 0.15) is 53.9 Å². The Balaban J connectivity index is 2.00. The standard InChI is InChI=1S/C15H26O/c1-10-6-12(14(3,4)11(10)2)7-13-8-15(13,5)9-16/h12-13,16H,6-9H2,1-5H3/t12-,13?,15?/m1/s1. The Bertz CT molecular complexity index is 326. The topological polar surface area (TPSA) is 20.2 Å². The van der Waals surface area contributed by atoms with Crippen molar-refractivity contribution in [1.82, 2.24) is 0 Å². The maximum absolute atomic E-state index is 9.33. The van der Waals surface area contributed by atoms with Crippen molar-refractivity contribution in [3.63, 3.8) is 0 Å². The Kier molecular flexibility index (Phi) is 2.73. The summed E-state index contributed by atoms with van der Waals surface area (Å²) >= 11 is 0. The van der Waals surface area contributed by atoms with Crippen molar-refractivity contribution in [3.8, 4) is 0 Å². The Morgan fingerprint density at radius 1 is 1.19 bits per heavy atom. The first-order valence-corrected chi connectivity index (χ1v) is 6.59. The molecular formula is C15H26O. The molecule has 0 bridgehead atoms. The minimum atomic E-state index is 0.250. The summed E-state index contributed by atoms with van der Waals surface area (Å²) in [4.78, 5) is 0. The van der Waals surface area contributed by atoms with E-state index in [0.29, 0.717) is 12.0 Å². The van der Waals surface area contributed by atoms with Gasteiger partial charge < -0.3 is 5.11 Å². The number of hydrogen-bond acceptors (Lipinski definition) is 1. The summed E-state index contributed by atoms with van der Waals surface area (Å²) < 4.78 is 0. The highest BCUT2D eigenvalue weighted by molar-refractivity contribution is 5.26. The van der Waals surface area contributed by atoms with E-state index in [2.05, 4.69) is 34.6 Å². The van der Waals surface area contributed by atoms with Gasteiger partial charge in [0.1, 0.15) is 0 Å². The summed E-state index contributed by atoms with van der Waals surface area (Å²) in [5, 5.41) is 9.33. The molecule has 2 unspecified atom stereocenters. The fourth-order valence-electron chi connectivity index (χ4n) is 3.42. The number of aliphatic hydroxyl groups excluding tert-OH is 1. The van der Waals surface area contributed by atoms with Gasteiger partial charge >= 0.3 is 0 Å². The van der Waals surface area contributed by atoms with Crippen LogP contribution in [0.5, 0.6) is 0 Å². The lowest BCUT2D eigenvalue weighted by Gasteiger charge is -2.30. The zero-order valence-corrected chi connectivity index (χ0v) is 11.4. The molecule has 0 aromatic heterocycles. The van der Waals surface area contributed by atoms with E-state index >= 15 is 0 Å². The third-order valence-electron chi connectivity index (χ3n) is 5.65. The molecule has 92 valence electrons. The van der Waals surface area contributed by atoms with Crippen molar-refractivity contribution in [2.45, 2.75) is 53.9 Å². The average Bonchev–Trinajstić information content (AvgIpc) is 2.82. The predicted octanol–water partition coefficient (Wildman–Crippen LogP) is 3.78. The first kappa shape index (κ1) is 12.2. The van der Waals surface area contributed by atoms with Gasteiger partial charge in [0.25, 0.3) is 0 Å². The highest BCUT2D eigenvalue weighted by Gasteiger charge is 2.52. The van der Waals surface area contributed by atoms with E-state index < -0.39 is 0 Å². The van der Waals surface area contributed by atoms with Crippen LogP contribution in [0.25, 0.3) is 0 Å². The van der Waals surface area contributed by atoms with Gasteiger partial charge in [-0.3, -0.25) is 0 Å². The van der Waals surface area contributed by atoms with Crippen LogP contribution in [-0.4, -0.2) is 11.7 Å². The lowest BCUT2D eigenvalue weighted by atomic mass is 9.75. The Labute approximate surface area is 99.9 Å². The van der Waals surface area contributed by atoms with Gasteiger partial charge in [-0.1, -0.05) is 31.9 Å². The normalized spacial score (nSPS) is 41.6. The van der Waals surface area contributed by atoms with Crippen molar-refractivity contribution < 1.29 is 5.11 Å². The fourth-order valence-corrected chi connectivity index (χ4v) is 3.42. The van der Waals surface area contributed by atoms with Gasteiger partial charge in [0.15, 0.2) is 0 Å². The third kappa shape index (κ3) is 1.73. The Morgan fingerprint density at radius 2 is 1.81 bits per heavy atom. The molecule has 2 aliphatic carbocycles. The molecular weight excluding hydrogens is 196 g/mol. The van der Waals surface area contributed by atoms with E-state index in [4.69, 9.17) is 0 Å². The Hall–Kier alpha value is -0.300. The van der Waals surface area contributed by atoms with E-state index in [9.17, 15) is 5.11 Å². The molecule has 1 fully saturated rings.